The molecular weight excluding hydrogens is 282 g/mol. The van der Waals surface area contributed by atoms with E-state index in [1.807, 2.05) is 0 Å². The molecule has 0 unspecified atom stereocenters. The molecule has 1 aliphatic rings. The van der Waals surface area contributed by atoms with Crippen LogP contribution in [0.4, 0.5) is 5.69 Å². The minimum absolute atomic E-state index is 0.0268. The summed E-state index contributed by atoms with van der Waals surface area (Å²) >= 11 is 0. The second-order valence-electron chi connectivity index (χ2n) is 4.14. The summed E-state index contributed by atoms with van der Waals surface area (Å²) in [6, 6.07) is 5.56. The van der Waals surface area contributed by atoms with Crippen molar-refractivity contribution in [3.8, 4) is 0 Å². The molecule has 1 heterocycles. The summed E-state index contributed by atoms with van der Waals surface area (Å²) in [7, 11) is -3.75. The number of carbonyl (C=O) groups is 2. The average molecular weight is 295 g/mol. The van der Waals surface area contributed by atoms with Crippen LogP contribution in [0, 0.1) is 0 Å². The lowest BCUT2D eigenvalue weighted by Crippen LogP contribution is -2.31. The van der Waals surface area contributed by atoms with E-state index in [1.165, 1.54) is 30.3 Å². The maximum Gasteiger partial charge on any atom is 0.277 e. The molecule has 0 saturated heterocycles. The first-order chi connectivity index (χ1) is 9.32. The monoisotopic (exact) mass is 295 g/mol. The maximum atomic E-state index is 11.8. The lowest BCUT2D eigenvalue weighted by Gasteiger charge is -2.12. The van der Waals surface area contributed by atoms with Crippen molar-refractivity contribution in [3.05, 3.63) is 36.0 Å². The number of carbonyl (C=O) groups excluding carboxylic acids is 2. The number of benzene rings is 1. The largest absolute Gasteiger partial charge is 0.351 e. The van der Waals surface area contributed by atoms with E-state index in [2.05, 4.69) is 5.32 Å². The fraction of sp³-hybridized carbons (Fsp3) is 0.167. The number of likely N-dealkylation sites (N-methyl/N-ethyl adjacent to an activating group) is 1. The second-order valence-corrected chi connectivity index (χ2v) is 5.70. The summed E-state index contributed by atoms with van der Waals surface area (Å²) in [6.45, 7) is 2.00. The van der Waals surface area contributed by atoms with Gasteiger partial charge in [0.05, 0.1) is 4.90 Å². The predicted molar refractivity (Wildman–Crippen MR) is 71.9 cm³/mol. The summed E-state index contributed by atoms with van der Waals surface area (Å²) in [5.41, 5.74) is 0.642. The highest BCUT2D eigenvalue weighted by Gasteiger charge is 2.29. The zero-order chi connectivity index (χ0) is 14.9. The number of anilines is 1. The molecule has 1 aromatic rings. The number of imide groups is 1. The molecule has 0 saturated carbocycles. The first-order valence-electron chi connectivity index (χ1n) is 5.80. The normalized spacial score (nSPS) is 15.5. The molecular formula is C12H13N3O4S. The first-order valence-corrected chi connectivity index (χ1v) is 7.35. The van der Waals surface area contributed by atoms with Crippen LogP contribution in [0.3, 0.4) is 0 Å². The minimum atomic E-state index is -3.75. The van der Waals surface area contributed by atoms with Crippen LogP contribution in [0.1, 0.15) is 6.92 Å². The average Bonchev–Trinajstić information content (AvgIpc) is 2.63. The number of hydrogen-bond acceptors (Lipinski definition) is 5. The number of nitrogens with one attached hydrogen (secondary N) is 1. The van der Waals surface area contributed by atoms with Crippen molar-refractivity contribution in [2.45, 2.75) is 11.8 Å². The van der Waals surface area contributed by atoms with Crippen LogP contribution in [0.15, 0.2) is 40.9 Å². The third kappa shape index (κ3) is 2.70. The number of amides is 2. The van der Waals surface area contributed by atoms with Gasteiger partial charge >= 0.3 is 0 Å². The molecule has 0 spiro atoms. The van der Waals surface area contributed by atoms with Gasteiger partial charge in [-0.25, -0.2) is 13.6 Å². The Kier molecular flexibility index (Phi) is 3.60. The smallest absolute Gasteiger partial charge is 0.277 e. The van der Waals surface area contributed by atoms with E-state index in [1.54, 1.807) is 6.92 Å². The van der Waals surface area contributed by atoms with Gasteiger partial charge in [0.1, 0.15) is 5.70 Å². The lowest BCUT2D eigenvalue weighted by molar-refractivity contribution is -0.136. The van der Waals surface area contributed by atoms with Crippen LogP contribution in [-0.2, 0) is 19.6 Å². The Bertz CT molecular complexity index is 692. The number of rotatable bonds is 4. The lowest BCUT2D eigenvalue weighted by atomic mass is 10.3. The van der Waals surface area contributed by atoms with Gasteiger partial charge in [0.2, 0.25) is 10.0 Å². The highest BCUT2D eigenvalue weighted by Crippen LogP contribution is 2.18. The van der Waals surface area contributed by atoms with E-state index in [4.69, 9.17) is 5.14 Å². The predicted octanol–water partition coefficient (Wildman–Crippen LogP) is 0.0185. The van der Waals surface area contributed by atoms with Crippen molar-refractivity contribution in [2.24, 2.45) is 5.14 Å². The van der Waals surface area contributed by atoms with Crippen LogP contribution >= 0.6 is 0 Å². The molecule has 20 heavy (non-hydrogen) atoms. The topological polar surface area (TPSA) is 110 Å². The number of hydrogen-bond donors (Lipinski definition) is 2. The Balaban J connectivity index is 2.18. The van der Waals surface area contributed by atoms with E-state index < -0.39 is 15.9 Å². The molecule has 2 amide bonds. The Morgan fingerprint density at radius 3 is 2.25 bits per heavy atom. The Hall–Kier alpha value is -2.19. The molecule has 0 fully saturated rings. The number of nitrogens with two attached hydrogens (primary N) is 1. The highest BCUT2D eigenvalue weighted by molar-refractivity contribution is 7.89. The minimum Gasteiger partial charge on any atom is -0.351 e. The summed E-state index contributed by atoms with van der Waals surface area (Å²) in [4.78, 5) is 24.4. The van der Waals surface area contributed by atoms with Gasteiger partial charge in [0, 0.05) is 18.3 Å². The van der Waals surface area contributed by atoms with Gasteiger partial charge in [-0.15, -0.1) is 0 Å². The van der Waals surface area contributed by atoms with Crippen molar-refractivity contribution in [3.63, 3.8) is 0 Å². The van der Waals surface area contributed by atoms with Gasteiger partial charge in [-0.3, -0.25) is 14.5 Å². The summed E-state index contributed by atoms with van der Waals surface area (Å²) in [5.74, 6) is -0.783. The van der Waals surface area contributed by atoms with Gasteiger partial charge in [0.15, 0.2) is 0 Å². The van der Waals surface area contributed by atoms with Crippen LogP contribution in [-0.4, -0.2) is 31.7 Å². The summed E-state index contributed by atoms with van der Waals surface area (Å²) in [5, 5.41) is 7.76. The van der Waals surface area contributed by atoms with Crippen LogP contribution < -0.4 is 10.5 Å². The van der Waals surface area contributed by atoms with E-state index in [9.17, 15) is 18.0 Å². The van der Waals surface area contributed by atoms with Gasteiger partial charge in [0.25, 0.3) is 11.8 Å². The number of primary sulfonamides is 1. The molecule has 0 aromatic heterocycles. The molecule has 7 nitrogen and oxygen atoms in total. The van der Waals surface area contributed by atoms with E-state index in [0.717, 1.165) is 4.90 Å². The van der Waals surface area contributed by atoms with Crippen molar-refractivity contribution >= 4 is 27.5 Å². The molecule has 0 aliphatic carbocycles. The summed E-state index contributed by atoms with van der Waals surface area (Å²) < 4.78 is 22.2. The van der Waals surface area contributed by atoms with Crippen LogP contribution in [0.25, 0.3) is 0 Å². The summed E-state index contributed by atoms with van der Waals surface area (Å²) in [6.07, 6.45) is 1.21. The highest BCUT2D eigenvalue weighted by atomic mass is 32.2. The maximum absolute atomic E-state index is 11.8. The Morgan fingerprint density at radius 1 is 1.20 bits per heavy atom. The Morgan fingerprint density at radius 2 is 1.80 bits per heavy atom. The van der Waals surface area contributed by atoms with Crippen molar-refractivity contribution in [2.75, 3.05) is 11.9 Å². The first kappa shape index (κ1) is 14.2. The quantitative estimate of drug-likeness (QED) is 0.761. The zero-order valence-electron chi connectivity index (χ0n) is 10.7. The Labute approximate surface area is 116 Å². The third-order valence-corrected chi connectivity index (χ3v) is 3.72. The molecule has 3 N–H and O–H groups in total. The van der Waals surface area contributed by atoms with Gasteiger partial charge in [-0.1, -0.05) is 0 Å². The van der Waals surface area contributed by atoms with E-state index in [-0.39, 0.29) is 16.5 Å². The van der Waals surface area contributed by atoms with Crippen LogP contribution in [0.2, 0.25) is 0 Å². The SMILES string of the molecule is CCN1C(=O)C=C(Nc2ccc(S(N)(=O)=O)cc2)C1=O. The van der Waals surface area contributed by atoms with E-state index in [0.29, 0.717) is 12.2 Å². The fourth-order valence-electron chi connectivity index (χ4n) is 1.78. The standard InChI is InChI=1S/C12H13N3O4S/c1-2-15-11(16)7-10(12(15)17)14-8-3-5-9(6-4-8)20(13,18)19/h3-7,14H,2H2,1H3,(H2,13,18,19). The van der Waals surface area contributed by atoms with Gasteiger partial charge in [-0.2, -0.15) is 0 Å². The molecule has 1 aliphatic heterocycles. The molecule has 0 radical (unpaired) electrons. The molecule has 2 rings (SSSR count). The second kappa shape index (κ2) is 5.06. The molecule has 8 heteroatoms. The zero-order valence-corrected chi connectivity index (χ0v) is 11.5. The molecule has 1 aromatic carbocycles. The van der Waals surface area contributed by atoms with E-state index >= 15 is 0 Å². The van der Waals surface area contributed by atoms with Crippen molar-refractivity contribution in [1.29, 1.82) is 0 Å². The molecule has 0 atom stereocenters. The number of nitrogens with zero attached hydrogens (tertiary/aromatic N) is 1. The van der Waals surface area contributed by atoms with Crippen LogP contribution in [0.5, 0.6) is 0 Å². The fourth-order valence-corrected chi connectivity index (χ4v) is 2.30. The number of sulfonamides is 1. The van der Waals surface area contributed by atoms with Gasteiger partial charge < -0.3 is 5.32 Å². The van der Waals surface area contributed by atoms with Crippen molar-refractivity contribution < 1.29 is 18.0 Å². The van der Waals surface area contributed by atoms with Gasteiger partial charge in [-0.05, 0) is 31.2 Å². The van der Waals surface area contributed by atoms with Crippen molar-refractivity contribution in [1.82, 2.24) is 4.90 Å². The molecule has 0 bridgehead atoms. The third-order valence-electron chi connectivity index (χ3n) is 2.79. The molecule has 106 valence electrons.